The Kier molecular flexibility index (Phi) is 5.94. The maximum absolute atomic E-state index is 5.75. The first-order valence-corrected chi connectivity index (χ1v) is 6.25. The van der Waals surface area contributed by atoms with Gasteiger partial charge in [0.2, 0.25) is 0 Å². The molecule has 0 atom stereocenters. The molecule has 2 nitrogen and oxygen atoms in total. The molecule has 0 saturated heterocycles. The van der Waals surface area contributed by atoms with Gasteiger partial charge in [0.1, 0.15) is 0 Å². The lowest BCUT2D eigenvalue weighted by Crippen LogP contribution is -2.22. The van der Waals surface area contributed by atoms with Crippen LogP contribution in [0.3, 0.4) is 0 Å². The van der Waals surface area contributed by atoms with E-state index in [4.69, 9.17) is 5.73 Å². The van der Waals surface area contributed by atoms with E-state index in [2.05, 4.69) is 31.0 Å². The SMILES string of the molecule is CCCCCN(C)CCc1cccc(N)c1. The molecule has 1 aromatic carbocycles. The van der Waals surface area contributed by atoms with Crippen molar-refractivity contribution in [2.24, 2.45) is 0 Å². The molecule has 1 aromatic rings. The second-order valence-electron chi connectivity index (χ2n) is 4.51. The molecule has 1 rings (SSSR count). The van der Waals surface area contributed by atoms with Gasteiger partial charge >= 0.3 is 0 Å². The Bertz CT molecular complexity index is 297. The van der Waals surface area contributed by atoms with Crippen LogP contribution in [0.5, 0.6) is 0 Å². The average molecular weight is 220 g/mol. The van der Waals surface area contributed by atoms with Gasteiger partial charge in [-0.3, -0.25) is 0 Å². The average Bonchev–Trinajstić information content (AvgIpc) is 2.27. The zero-order valence-corrected chi connectivity index (χ0v) is 10.6. The molecule has 0 spiro atoms. The van der Waals surface area contributed by atoms with Crippen molar-refractivity contribution in [3.8, 4) is 0 Å². The summed E-state index contributed by atoms with van der Waals surface area (Å²) >= 11 is 0. The molecule has 90 valence electrons. The fourth-order valence-corrected chi connectivity index (χ4v) is 1.81. The van der Waals surface area contributed by atoms with Gasteiger partial charge < -0.3 is 10.6 Å². The lowest BCUT2D eigenvalue weighted by molar-refractivity contribution is 0.329. The number of anilines is 1. The molecule has 0 saturated carbocycles. The molecule has 0 bridgehead atoms. The summed E-state index contributed by atoms with van der Waals surface area (Å²) in [5.74, 6) is 0. The van der Waals surface area contributed by atoms with Gasteiger partial charge in [-0.25, -0.2) is 0 Å². The van der Waals surface area contributed by atoms with E-state index in [0.717, 1.165) is 18.7 Å². The van der Waals surface area contributed by atoms with Crippen LogP contribution in [0, 0.1) is 0 Å². The minimum atomic E-state index is 0.867. The predicted octanol–water partition coefficient (Wildman–Crippen LogP) is 2.93. The quantitative estimate of drug-likeness (QED) is 0.565. The summed E-state index contributed by atoms with van der Waals surface area (Å²) in [6, 6.07) is 8.19. The Hall–Kier alpha value is -1.02. The van der Waals surface area contributed by atoms with Crippen LogP contribution in [0.1, 0.15) is 31.7 Å². The highest BCUT2D eigenvalue weighted by Crippen LogP contribution is 2.07. The van der Waals surface area contributed by atoms with E-state index in [1.165, 1.54) is 31.4 Å². The molecule has 2 heteroatoms. The zero-order valence-electron chi connectivity index (χ0n) is 10.6. The van der Waals surface area contributed by atoms with Crippen molar-refractivity contribution >= 4 is 5.69 Å². The highest BCUT2D eigenvalue weighted by Gasteiger charge is 1.99. The number of rotatable bonds is 7. The summed E-state index contributed by atoms with van der Waals surface area (Å²) in [5.41, 5.74) is 7.95. The number of benzene rings is 1. The fraction of sp³-hybridized carbons (Fsp3) is 0.571. The van der Waals surface area contributed by atoms with Crippen LogP contribution in [0.15, 0.2) is 24.3 Å². The number of nitrogens with zero attached hydrogens (tertiary/aromatic N) is 1. The van der Waals surface area contributed by atoms with Crippen LogP contribution in [0.4, 0.5) is 5.69 Å². The summed E-state index contributed by atoms with van der Waals surface area (Å²) in [6.07, 6.45) is 5.03. The Labute approximate surface area is 99.5 Å². The third-order valence-corrected chi connectivity index (χ3v) is 2.88. The Morgan fingerprint density at radius 1 is 1.19 bits per heavy atom. The van der Waals surface area contributed by atoms with Crippen LogP contribution in [-0.4, -0.2) is 25.0 Å². The van der Waals surface area contributed by atoms with Crippen LogP contribution in [-0.2, 0) is 6.42 Å². The summed E-state index contributed by atoms with van der Waals surface area (Å²) in [7, 11) is 2.20. The summed E-state index contributed by atoms with van der Waals surface area (Å²) in [4.78, 5) is 2.40. The van der Waals surface area contributed by atoms with Gasteiger partial charge in [0.25, 0.3) is 0 Å². The van der Waals surface area contributed by atoms with Crippen molar-refractivity contribution in [3.05, 3.63) is 29.8 Å². The molecule has 0 heterocycles. The summed E-state index contributed by atoms with van der Waals surface area (Å²) in [6.45, 7) is 4.57. The number of nitrogen functional groups attached to an aromatic ring is 1. The van der Waals surface area contributed by atoms with Gasteiger partial charge in [0.05, 0.1) is 0 Å². The maximum atomic E-state index is 5.75. The van der Waals surface area contributed by atoms with Crippen molar-refractivity contribution in [3.63, 3.8) is 0 Å². The minimum Gasteiger partial charge on any atom is -0.399 e. The smallest absolute Gasteiger partial charge is 0.0316 e. The normalized spacial score (nSPS) is 10.9. The number of likely N-dealkylation sites (N-methyl/N-ethyl adjacent to an activating group) is 1. The number of nitrogens with two attached hydrogens (primary N) is 1. The zero-order chi connectivity index (χ0) is 11.8. The van der Waals surface area contributed by atoms with E-state index in [0.29, 0.717) is 0 Å². The largest absolute Gasteiger partial charge is 0.399 e. The van der Waals surface area contributed by atoms with Gasteiger partial charge in [-0.2, -0.15) is 0 Å². The molecular weight excluding hydrogens is 196 g/mol. The second kappa shape index (κ2) is 7.29. The molecule has 16 heavy (non-hydrogen) atoms. The minimum absolute atomic E-state index is 0.867. The van der Waals surface area contributed by atoms with Crippen LogP contribution < -0.4 is 5.73 Å². The number of hydrogen-bond donors (Lipinski definition) is 1. The standard InChI is InChI=1S/C14H24N2/c1-3-4-5-10-16(2)11-9-13-7-6-8-14(15)12-13/h6-8,12H,3-5,9-11,15H2,1-2H3. The molecule has 0 amide bonds. The van der Waals surface area contributed by atoms with Crippen molar-refractivity contribution < 1.29 is 0 Å². The Morgan fingerprint density at radius 3 is 2.69 bits per heavy atom. The Balaban J connectivity index is 2.23. The third-order valence-electron chi connectivity index (χ3n) is 2.88. The number of unbranched alkanes of at least 4 members (excludes halogenated alkanes) is 2. The van der Waals surface area contributed by atoms with Crippen LogP contribution >= 0.6 is 0 Å². The van der Waals surface area contributed by atoms with Crippen molar-refractivity contribution in [2.45, 2.75) is 32.6 Å². The molecular formula is C14H24N2. The van der Waals surface area contributed by atoms with Crippen LogP contribution in [0.2, 0.25) is 0 Å². The highest BCUT2D eigenvalue weighted by molar-refractivity contribution is 5.40. The van der Waals surface area contributed by atoms with Crippen molar-refractivity contribution in [2.75, 3.05) is 25.9 Å². The molecule has 0 radical (unpaired) electrons. The predicted molar refractivity (Wildman–Crippen MR) is 71.6 cm³/mol. The van der Waals surface area contributed by atoms with E-state index in [1.54, 1.807) is 0 Å². The first kappa shape index (κ1) is 13.0. The van der Waals surface area contributed by atoms with Gasteiger partial charge in [-0.05, 0) is 44.1 Å². The van der Waals surface area contributed by atoms with E-state index in [1.807, 2.05) is 12.1 Å². The molecule has 0 aromatic heterocycles. The van der Waals surface area contributed by atoms with Gasteiger partial charge in [0, 0.05) is 12.2 Å². The summed E-state index contributed by atoms with van der Waals surface area (Å²) < 4.78 is 0. The molecule has 0 aliphatic carbocycles. The second-order valence-corrected chi connectivity index (χ2v) is 4.51. The van der Waals surface area contributed by atoms with E-state index in [9.17, 15) is 0 Å². The topological polar surface area (TPSA) is 29.3 Å². The molecule has 0 unspecified atom stereocenters. The Morgan fingerprint density at radius 2 is 2.00 bits per heavy atom. The van der Waals surface area contributed by atoms with Gasteiger partial charge in [-0.15, -0.1) is 0 Å². The molecule has 2 N–H and O–H groups in total. The van der Waals surface area contributed by atoms with E-state index < -0.39 is 0 Å². The summed E-state index contributed by atoms with van der Waals surface area (Å²) in [5, 5.41) is 0. The van der Waals surface area contributed by atoms with Crippen LogP contribution in [0.25, 0.3) is 0 Å². The van der Waals surface area contributed by atoms with Gasteiger partial charge in [-0.1, -0.05) is 31.9 Å². The molecule has 0 aliphatic heterocycles. The maximum Gasteiger partial charge on any atom is 0.0316 e. The fourth-order valence-electron chi connectivity index (χ4n) is 1.81. The first-order chi connectivity index (χ1) is 7.72. The number of hydrogen-bond acceptors (Lipinski definition) is 2. The molecule has 0 aliphatic rings. The third kappa shape index (κ3) is 5.17. The lowest BCUT2D eigenvalue weighted by Gasteiger charge is -2.16. The van der Waals surface area contributed by atoms with Crippen molar-refractivity contribution in [1.82, 2.24) is 4.90 Å². The van der Waals surface area contributed by atoms with Crippen molar-refractivity contribution in [1.29, 1.82) is 0 Å². The van der Waals surface area contributed by atoms with E-state index in [-0.39, 0.29) is 0 Å². The molecule has 0 fully saturated rings. The lowest BCUT2D eigenvalue weighted by atomic mass is 10.1. The highest BCUT2D eigenvalue weighted by atomic mass is 15.1. The first-order valence-electron chi connectivity index (χ1n) is 6.25. The van der Waals surface area contributed by atoms with Gasteiger partial charge in [0.15, 0.2) is 0 Å². The monoisotopic (exact) mass is 220 g/mol. The van der Waals surface area contributed by atoms with E-state index >= 15 is 0 Å².